The van der Waals surface area contributed by atoms with Gasteiger partial charge in [0.25, 0.3) is 0 Å². The van der Waals surface area contributed by atoms with Gasteiger partial charge in [0.2, 0.25) is 11.8 Å². The standard InChI is InChI=1S/C19H17ClN4O3/c1-10-15(8-5-13(9-21)16(10)20)22-17(11(2)25)19-24-23-18(27-19)12-3-6-14(26)7-4-12/h3-8,11,17,22,25-26H,1-2H3. The van der Waals surface area contributed by atoms with E-state index in [-0.39, 0.29) is 17.5 Å². The van der Waals surface area contributed by atoms with Gasteiger partial charge in [-0.3, -0.25) is 0 Å². The van der Waals surface area contributed by atoms with Crippen molar-refractivity contribution in [2.75, 3.05) is 5.32 Å². The van der Waals surface area contributed by atoms with Crippen molar-refractivity contribution in [1.29, 1.82) is 5.26 Å². The van der Waals surface area contributed by atoms with E-state index in [0.29, 0.717) is 27.4 Å². The molecule has 3 N–H and O–H groups in total. The van der Waals surface area contributed by atoms with E-state index in [1.807, 2.05) is 6.07 Å². The predicted molar refractivity (Wildman–Crippen MR) is 100 cm³/mol. The molecule has 27 heavy (non-hydrogen) atoms. The zero-order chi connectivity index (χ0) is 19.6. The van der Waals surface area contributed by atoms with Gasteiger partial charge in [-0.2, -0.15) is 5.26 Å². The Labute approximate surface area is 160 Å². The second-order valence-corrected chi connectivity index (χ2v) is 6.44. The molecule has 0 aliphatic carbocycles. The number of halogens is 1. The lowest BCUT2D eigenvalue weighted by Crippen LogP contribution is -2.23. The van der Waals surface area contributed by atoms with Crippen molar-refractivity contribution in [3.63, 3.8) is 0 Å². The first-order chi connectivity index (χ1) is 12.9. The van der Waals surface area contributed by atoms with E-state index >= 15 is 0 Å². The number of nitriles is 1. The van der Waals surface area contributed by atoms with Crippen LogP contribution in [0.15, 0.2) is 40.8 Å². The molecule has 0 fully saturated rings. The van der Waals surface area contributed by atoms with Crippen LogP contribution in [-0.4, -0.2) is 26.5 Å². The Hall–Kier alpha value is -3.08. The SMILES string of the molecule is Cc1c(NC(c2nnc(-c3ccc(O)cc3)o2)C(C)O)ccc(C#N)c1Cl. The van der Waals surface area contributed by atoms with Crippen LogP contribution in [0, 0.1) is 18.3 Å². The third-order valence-electron chi connectivity index (χ3n) is 4.12. The fourth-order valence-electron chi connectivity index (χ4n) is 2.56. The van der Waals surface area contributed by atoms with E-state index in [1.165, 1.54) is 12.1 Å². The molecule has 0 amide bonds. The molecule has 2 atom stereocenters. The highest BCUT2D eigenvalue weighted by Gasteiger charge is 2.25. The number of nitrogens with zero attached hydrogens (tertiary/aromatic N) is 3. The largest absolute Gasteiger partial charge is 0.508 e. The van der Waals surface area contributed by atoms with E-state index in [9.17, 15) is 10.2 Å². The molecule has 8 heteroatoms. The number of aliphatic hydroxyl groups excluding tert-OH is 1. The van der Waals surface area contributed by atoms with E-state index in [2.05, 4.69) is 15.5 Å². The van der Waals surface area contributed by atoms with Crippen LogP contribution in [-0.2, 0) is 0 Å². The topological polar surface area (TPSA) is 115 Å². The number of phenolic OH excluding ortho intramolecular Hbond substituents is 1. The smallest absolute Gasteiger partial charge is 0.247 e. The minimum absolute atomic E-state index is 0.134. The number of hydrogen-bond donors (Lipinski definition) is 3. The van der Waals surface area contributed by atoms with Crippen molar-refractivity contribution in [3.05, 3.63) is 58.4 Å². The van der Waals surface area contributed by atoms with Crippen molar-refractivity contribution in [2.45, 2.75) is 26.0 Å². The highest BCUT2D eigenvalue weighted by Crippen LogP contribution is 2.31. The third kappa shape index (κ3) is 3.87. The molecule has 2 unspecified atom stereocenters. The third-order valence-corrected chi connectivity index (χ3v) is 4.61. The van der Waals surface area contributed by atoms with Gasteiger partial charge in [0.1, 0.15) is 17.9 Å². The molecule has 2 aromatic carbocycles. The maximum absolute atomic E-state index is 10.2. The number of rotatable bonds is 5. The quantitative estimate of drug-likeness (QED) is 0.612. The minimum Gasteiger partial charge on any atom is -0.508 e. The van der Waals surface area contributed by atoms with Crippen LogP contribution in [0.2, 0.25) is 5.02 Å². The van der Waals surface area contributed by atoms with Gasteiger partial charge in [0.05, 0.1) is 16.7 Å². The molecule has 0 saturated carbocycles. The fraction of sp³-hybridized carbons (Fsp3) is 0.211. The number of nitrogens with one attached hydrogen (secondary N) is 1. The summed E-state index contributed by atoms with van der Waals surface area (Å²) in [4.78, 5) is 0. The number of aromatic hydroxyl groups is 1. The Kier molecular flexibility index (Phi) is 5.31. The van der Waals surface area contributed by atoms with Gasteiger partial charge in [0, 0.05) is 11.3 Å². The first-order valence-corrected chi connectivity index (χ1v) is 8.55. The van der Waals surface area contributed by atoms with Crippen molar-refractivity contribution < 1.29 is 14.6 Å². The monoisotopic (exact) mass is 384 g/mol. The Bertz CT molecular complexity index is 993. The van der Waals surface area contributed by atoms with Crippen molar-refractivity contribution in [2.24, 2.45) is 0 Å². The summed E-state index contributed by atoms with van der Waals surface area (Å²) in [5.41, 5.74) is 2.35. The maximum atomic E-state index is 10.2. The first-order valence-electron chi connectivity index (χ1n) is 8.17. The summed E-state index contributed by atoms with van der Waals surface area (Å²) >= 11 is 6.21. The number of hydrogen-bond acceptors (Lipinski definition) is 7. The summed E-state index contributed by atoms with van der Waals surface area (Å²) in [6, 6.07) is 11.0. The molecule has 7 nitrogen and oxygen atoms in total. The number of phenols is 1. The van der Waals surface area contributed by atoms with Gasteiger partial charge >= 0.3 is 0 Å². The molecule has 0 radical (unpaired) electrons. The second kappa shape index (κ2) is 7.66. The molecule has 3 rings (SSSR count). The minimum atomic E-state index is -0.841. The van der Waals surface area contributed by atoms with Crippen LogP contribution >= 0.6 is 11.6 Å². The van der Waals surface area contributed by atoms with Crippen molar-refractivity contribution in [1.82, 2.24) is 10.2 Å². The van der Waals surface area contributed by atoms with Gasteiger partial charge in [-0.25, -0.2) is 0 Å². The zero-order valence-corrected chi connectivity index (χ0v) is 15.4. The van der Waals surface area contributed by atoms with Gasteiger partial charge in [-0.1, -0.05) is 11.6 Å². The maximum Gasteiger partial charge on any atom is 0.247 e. The second-order valence-electron chi connectivity index (χ2n) is 6.07. The number of aliphatic hydroxyl groups is 1. The Morgan fingerprint density at radius 3 is 2.52 bits per heavy atom. The summed E-state index contributed by atoms with van der Waals surface area (Å²) in [7, 11) is 0. The normalized spacial score (nSPS) is 13.0. The lowest BCUT2D eigenvalue weighted by Gasteiger charge is -2.21. The summed E-state index contributed by atoms with van der Waals surface area (Å²) < 4.78 is 5.71. The molecule has 0 aliphatic rings. The molecule has 0 spiro atoms. The lowest BCUT2D eigenvalue weighted by atomic mass is 10.1. The number of benzene rings is 2. The van der Waals surface area contributed by atoms with E-state index in [4.69, 9.17) is 21.3 Å². The Balaban J connectivity index is 1.90. The molecular formula is C19H17ClN4O3. The van der Waals surface area contributed by atoms with Crippen LogP contribution in [0.3, 0.4) is 0 Å². The van der Waals surface area contributed by atoms with Gasteiger partial charge in [0.15, 0.2) is 0 Å². The van der Waals surface area contributed by atoms with Gasteiger partial charge < -0.3 is 19.9 Å². The van der Waals surface area contributed by atoms with E-state index in [0.717, 1.165) is 0 Å². The summed E-state index contributed by atoms with van der Waals surface area (Å²) in [5.74, 6) is 0.607. The predicted octanol–water partition coefficient (Wildman–Crippen LogP) is 3.81. The number of anilines is 1. The molecule has 1 aromatic heterocycles. The van der Waals surface area contributed by atoms with E-state index in [1.54, 1.807) is 38.1 Å². The highest BCUT2D eigenvalue weighted by molar-refractivity contribution is 6.32. The van der Waals surface area contributed by atoms with Gasteiger partial charge in [-0.15, -0.1) is 10.2 Å². The van der Waals surface area contributed by atoms with Crippen LogP contribution in [0.25, 0.3) is 11.5 Å². The van der Waals surface area contributed by atoms with Crippen LogP contribution in [0.4, 0.5) is 5.69 Å². The van der Waals surface area contributed by atoms with Crippen LogP contribution < -0.4 is 5.32 Å². The average molecular weight is 385 g/mol. The first kappa shape index (κ1) is 18.7. The highest BCUT2D eigenvalue weighted by atomic mass is 35.5. The fourth-order valence-corrected chi connectivity index (χ4v) is 2.77. The molecule has 1 heterocycles. The Morgan fingerprint density at radius 2 is 1.89 bits per heavy atom. The molecule has 0 aliphatic heterocycles. The lowest BCUT2D eigenvalue weighted by molar-refractivity contribution is 0.159. The molecular weight excluding hydrogens is 368 g/mol. The molecule has 0 bridgehead atoms. The number of aromatic nitrogens is 2. The summed E-state index contributed by atoms with van der Waals surface area (Å²) in [5, 5.41) is 40.2. The summed E-state index contributed by atoms with van der Waals surface area (Å²) in [6.45, 7) is 3.38. The van der Waals surface area contributed by atoms with Crippen LogP contribution in [0.1, 0.15) is 30.0 Å². The molecule has 138 valence electrons. The average Bonchev–Trinajstić information content (AvgIpc) is 3.13. The van der Waals surface area contributed by atoms with Crippen molar-refractivity contribution >= 4 is 17.3 Å². The van der Waals surface area contributed by atoms with Crippen molar-refractivity contribution in [3.8, 4) is 23.3 Å². The van der Waals surface area contributed by atoms with Gasteiger partial charge in [-0.05, 0) is 55.8 Å². The molecule has 3 aromatic rings. The van der Waals surface area contributed by atoms with Crippen LogP contribution in [0.5, 0.6) is 5.75 Å². The zero-order valence-electron chi connectivity index (χ0n) is 14.6. The van der Waals surface area contributed by atoms with E-state index < -0.39 is 12.1 Å². The Morgan fingerprint density at radius 1 is 1.19 bits per heavy atom. The molecule has 0 saturated heterocycles. The summed E-state index contributed by atoms with van der Waals surface area (Å²) in [6.07, 6.45) is -0.841.